The Morgan fingerprint density at radius 3 is 2.61 bits per heavy atom. The van der Waals surface area contributed by atoms with Gasteiger partial charge < -0.3 is 5.32 Å². The van der Waals surface area contributed by atoms with Gasteiger partial charge in [-0.25, -0.2) is 4.39 Å². The van der Waals surface area contributed by atoms with Crippen LogP contribution in [0.4, 0.5) is 4.39 Å². The average Bonchev–Trinajstić information content (AvgIpc) is 2.33. The number of hydrogen-bond acceptors (Lipinski definition) is 2. The molecule has 5 heteroatoms. The van der Waals surface area contributed by atoms with Crippen LogP contribution in [0.2, 0.25) is 0 Å². The monoisotopic (exact) mass is 372 g/mol. The Balaban J connectivity index is 2.45. The lowest BCUT2D eigenvalue weighted by Crippen LogP contribution is -2.18. The normalized spacial score (nSPS) is 12.4. The Bertz CT molecular complexity index is 560. The van der Waals surface area contributed by atoms with Crippen LogP contribution < -0.4 is 5.32 Å². The molecular weight excluding hydrogens is 363 g/mol. The van der Waals surface area contributed by atoms with Crippen molar-refractivity contribution in [2.24, 2.45) is 0 Å². The zero-order valence-corrected chi connectivity index (χ0v) is 12.8. The van der Waals surface area contributed by atoms with Crippen LogP contribution in [0.25, 0.3) is 0 Å². The zero-order chi connectivity index (χ0) is 13.1. The summed E-state index contributed by atoms with van der Waals surface area (Å²) in [5, 5.41) is 3.17. The van der Waals surface area contributed by atoms with E-state index in [-0.39, 0.29) is 11.9 Å². The van der Waals surface area contributed by atoms with Gasteiger partial charge in [0.1, 0.15) is 5.82 Å². The van der Waals surface area contributed by atoms with Crippen LogP contribution in [0.1, 0.15) is 17.2 Å². The molecule has 2 aromatic rings. The smallest absolute Gasteiger partial charge is 0.141 e. The van der Waals surface area contributed by atoms with Crippen LogP contribution >= 0.6 is 31.9 Å². The predicted molar refractivity (Wildman–Crippen MR) is 76.9 cm³/mol. The van der Waals surface area contributed by atoms with E-state index in [0.717, 1.165) is 20.1 Å². The molecule has 0 saturated carbocycles. The van der Waals surface area contributed by atoms with Gasteiger partial charge in [0, 0.05) is 15.1 Å². The topological polar surface area (TPSA) is 24.9 Å². The van der Waals surface area contributed by atoms with Gasteiger partial charge in [0.2, 0.25) is 0 Å². The molecule has 0 fully saturated rings. The van der Waals surface area contributed by atoms with Crippen molar-refractivity contribution in [3.05, 3.63) is 62.5 Å². The van der Waals surface area contributed by atoms with Crippen molar-refractivity contribution in [2.75, 3.05) is 7.05 Å². The molecular formula is C13H11Br2FN2. The summed E-state index contributed by atoms with van der Waals surface area (Å²) < 4.78 is 15.2. The van der Waals surface area contributed by atoms with Gasteiger partial charge in [-0.3, -0.25) is 4.98 Å². The molecule has 1 N–H and O–H groups in total. The number of pyridine rings is 1. The van der Waals surface area contributed by atoms with Crippen molar-refractivity contribution >= 4 is 31.9 Å². The molecule has 0 radical (unpaired) electrons. The minimum absolute atomic E-state index is 0.101. The van der Waals surface area contributed by atoms with Crippen molar-refractivity contribution in [3.8, 4) is 0 Å². The molecule has 0 aliphatic carbocycles. The van der Waals surface area contributed by atoms with E-state index >= 15 is 0 Å². The van der Waals surface area contributed by atoms with Gasteiger partial charge in [-0.15, -0.1) is 0 Å². The van der Waals surface area contributed by atoms with E-state index in [1.165, 1.54) is 12.3 Å². The summed E-state index contributed by atoms with van der Waals surface area (Å²) in [7, 11) is 1.84. The molecule has 0 aliphatic rings. The maximum atomic E-state index is 13.2. The Hall–Kier alpha value is -0.780. The Morgan fingerprint density at radius 1 is 1.22 bits per heavy atom. The van der Waals surface area contributed by atoms with Crippen LogP contribution in [0.15, 0.2) is 45.6 Å². The van der Waals surface area contributed by atoms with Crippen LogP contribution in [0, 0.1) is 5.82 Å². The molecule has 1 atom stereocenters. The molecule has 1 aromatic heterocycles. The molecule has 0 aliphatic heterocycles. The van der Waals surface area contributed by atoms with E-state index in [9.17, 15) is 4.39 Å². The van der Waals surface area contributed by atoms with Crippen molar-refractivity contribution in [3.63, 3.8) is 0 Å². The van der Waals surface area contributed by atoms with Crippen molar-refractivity contribution < 1.29 is 4.39 Å². The molecule has 0 amide bonds. The highest BCUT2D eigenvalue weighted by Crippen LogP contribution is 2.30. The van der Waals surface area contributed by atoms with Crippen LogP contribution in [-0.4, -0.2) is 12.0 Å². The minimum atomic E-state index is -0.332. The third-order valence-corrected chi connectivity index (χ3v) is 3.80. The Kier molecular flexibility index (Phi) is 4.48. The van der Waals surface area contributed by atoms with Gasteiger partial charge in [-0.1, -0.05) is 37.9 Å². The lowest BCUT2D eigenvalue weighted by molar-refractivity contribution is 0.608. The second-order valence-corrected chi connectivity index (χ2v) is 5.59. The molecule has 0 spiro atoms. The summed E-state index contributed by atoms with van der Waals surface area (Å²) in [6.07, 6.45) is 2.87. The number of nitrogens with one attached hydrogen (secondary N) is 1. The van der Waals surface area contributed by atoms with E-state index in [2.05, 4.69) is 42.2 Å². The molecule has 1 unspecified atom stereocenters. The maximum Gasteiger partial charge on any atom is 0.141 e. The second-order valence-electron chi connectivity index (χ2n) is 3.82. The fourth-order valence-corrected chi connectivity index (χ4v) is 3.10. The summed E-state index contributed by atoms with van der Waals surface area (Å²) in [6, 6.07) is 7.29. The first-order valence-electron chi connectivity index (χ1n) is 5.34. The number of hydrogen-bond donors (Lipinski definition) is 1. The summed E-state index contributed by atoms with van der Waals surface area (Å²) in [4.78, 5) is 3.89. The van der Waals surface area contributed by atoms with Crippen molar-refractivity contribution in [2.45, 2.75) is 6.04 Å². The first-order chi connectivity index (χ1) is 8.61. The number of benzene rings is 1. The van der Waals surface area contributed by atoms with E-state index < -0.39 is 0 Å². The number of nitrogens with zero attached hydrogens (tertiary/aromatic N) is 1. The lowest BCUT2D eigenvalue weighted by atomic mass is 10.0. The lowest BCUT2D eigenvalue weighted by Gasteiger charge is -2.18. The summed E-state index contributed by atoms with van der Waals surface area (Å²) in [5.41, 5.74) is 1.83. The first-order valence-corrected chi connectivity index (χ1v) is 6.93. The van der Waals surface area contributed by atoms with Crippen LogP contribution in [0.5, 0.6) is 0 Å². The fraction of sp³-hybridized carbons (Fsp3) is 0.154. The van der Waals surface area contributed by atoms with Gasteiger partial charge in [0.05, 0.1) is 12.2 Å². The van der Waals surface area contributed by atoms with Gasteiger partial charge in [-0.2, -0.15) is 0 Å². The van der Waals surface area contributed by atoms with Gasteiger partial charge in [0.15, 0.2) is 0 Å². The highest BCUT2D eigenvalue weighted by molar-refractivity contribution is 9.11. The Morgan fingerprint density at radius 2 is 2.00 bits per heavy atom. The third kappa shape index (κ3) is 2.96. The molecule has 18 heavy (non-hydrogen) atoms. The van der Waals surface area contributed by atoms with Crippen LogP contribution in [0.3, 0.4) is 0 Å². The summed E-state index contributed by atoms with van der Waals surface area (Å²) in [5.74, 6) is -0.332. The largest absolute Gasteiger partial charge is 0.309 e. The van der Waals surface area contributed by atoms with E-state index in [1.54, 1.807) is 6.20 Å². The quantitative estimate of drug-likeness (QED) is 0.877. The highest BCUT2D eigenvalue weighted by Gasteiger charge is 2.16. The molecule has 1 aromatic carbocycles. The first kappa shape index (κ1) is 13.6. The number of rotatable bonds is 3. The second kappa shape index (κ2) is 5.91. The highest BCUT2D eigenvalue weighted by atomic mass is 79.9. The standard InChI is InChI=1S/C13H11Br2FN2/c1-17-13(8-4-10(16)7-18-6-8)11-3-2-9(14)5-12(11)15/h2-7,13,17H,1H3. The molecule has 2 nitrogen and oxygen atoms in total. The van der Waals surface area contributed by atoms with E-state index in [0.29, 0.717) is 0 Å². The maximum absolute atomic E-state index is 13.2. The van der Waals surface area contributed by atoms with E-state index in [4.69, 9.17) is 0 Å². The SMILES string of the molecule is CNC(c1cncc(F)c1)c1ccc(Br)cc1Br. The predicted octanol–water partition coefficient (Wildman–Crippen LogP) is 4.05. The molecule has 0 saturated heterocycles. The molecule has 0 bridgehead atoms. The fourth-order valence-electron chi connectivity index (χ4n) is 1.82. The van der Waals surface area contributed by atoms with Gasteiger partial charge in [-0.05, 0) is 36.4 Å². The average molecular weight is 374 g/mol. The summed E-state index contributed by atoms with van der Waals surface area (Å²) in [6.45, 7) is 0. The van der Waals surface area contributed by atoms with Gasteiger partial charge >= 0.3 is 0 Å². The molecule has 1 heterocycles. The van der Waals surface area contributed by atoms with Crippen molar-refractivity contribution in [1.29, 1.82) is 0 Å². The van der Waals surface area contributed by atoms with E-state index in [1.807, 2.05) is 25.2 Å². The van der Waals surface area contributed by atoms with Crippen molar-refractivity contribution in [1.82, 2.24) is 10.3 Å². The minimum Gasteiger partial charge on any atom is -0.309 e. The molecule has 2 rings (SSSR count). The third-order valence-electron chi connectivity index (χ3n) is 2.62. The van der Waals surface area contributed by atoms with Gasteiger partial charge in [0.25, 0.3) is 0 Å². The summed E-state index contributed by atoms with van der Waals surface area (Å²) >= 11 is 6.93. The van der Waals surface area contributed by atoms with Crippen LogP contribution in [-0.2, 0) is 0 Å². The zero-order valence-electron chi connectivity index (χ0n) is 9.62. The number of aromatic nitrogens is 1. The Labute approximate surface area is 122 Å². The molecule has 94 valence electrons. The number of halogens is 3.